The maximum atomic E-state index is 12.3. The van der Waals surface area contributed by atoms with E-state index in [2.05, 4.69) is 6.58 Å². The van der Waals surface area contributed by atoms with Gasteiger partial charge in [-0.2, -0.15) is 0 Å². The summed E-state index contributed by atoms with van der Waals surface area (Å²) in [6, 6.07) is 17.3. The molecule has 0 fully saturated rings. The Morgan fingerprint density at radius 3 is 1.91 bits per heavy atom. The SMILES string of the molecule is C=CC(OC(=O)C(C(=O)O)c1ccccc1)c1ccccc1. The van der Waals surface area contributed by atoms with Gasteiger partial charge >= 0.3 is 11.9 Å². The molecule has 0 spiro atoms. The lowest BCUT2D eigenvalue weighted by Gasteiger charge is -2.18. The van der Waals surface area contributed by atoms with Crippen molar-refractivity contribution in [2.45, 2.75) is 12.0 Å². The molecule has 0 aliphatic rings. The molecule has 112 valence electrons. The largest absolute Gasteiger partial charge is 0.480 e. The van der Waals surface area contributed by atoms with Crippen molar-refractivity contribution in [1.29, 1.82) is 0 Å². The van der Waals surface area contributed by atoms with Crippen molar-refractivity contribution in [3.8, 4) is 0 Å². The second-order valence-electron chi connectivity index (χ2n) is 4.69. The summed E-state index contributed by atoms with van der Waals surface area (Å²) in [6.45, 7) is 3.64. The van der Waals surface area contributed by atoms with E-state index in [4.69, 9.17) is 4.74 Å². The van der Waals surface area contributed by atoms with Crippen LogP contribution in [0.4, 0.5) is 0 Å². The molecular formula is C18H16O4. The van der Waals surface area contributed by atoms with Gasteiger partial charge in [-0.05, 0) is 17.2 Å². The molecule has 2 aromatic rings. The first-order valence-corrected chi connectivity index (χ1v) is 6.79. The van der Waals surface area contributed by atoms with E-state index in [1.54, 1.807) is 42.5 Å². The second kappa shape index (κ2) is 7.22. The lowest BCUT2D eigenvalue weighted by atomic mass is 9.99. The molecule has 0 saturated carbocycles. The number of ether oxygens (including phenoxy) is 1. The predicted octanol–water partition coefficient (Wildman–Crippen LogP) is 3.33. The Bertz CT molecular complexity index is 649. The summed E-state index contributed by atoms with van der Waals surface area (Å²) >= 11 is 0. The van der Waals surface area contributed by atoms with Crippen LogP contribution in [0, 0.1) is 0 Å². The third-order valence-corrected chi connectivity index (χ3v) is 3.20. The molecule has 2 aromatic carbocycles. The second-order valence-corrected chi connectivity index (χ2v) is 4.69. The van der Waals surface area contributed by atoms with Gasteiger partial charge in [-0.1, -0.05) is 67.2 Å². The van der Waals surface area contributed by atoms with Crippen LogP contribution in [0.1, 0.15) is 23.1 Å². The molecule has 0 aromatic heterocycles. The maximum Gasteiger partial charge on any atom is 0.325 e. The summed E-state index contributed by atoms with van der Waals surface area (Å²) in [6.07, 6.45) is 0.788. The highest BCUT2D eigenvalue weighted by Gasteiger charge is 2.31. The van der Waals surface area contributed by atoms with E-state index in [1.807, 2.05) is 18.2 Å². The van der Waals surface area contributed by atoms with Crippen molar-refractivity contribution in [3.05, 3.63) is 84.4 Å². The average Bonchev–Trinajstić information content (AvgIpc) is 2.54. The minimum Gasteiger partial charge on any atom is -0.480 e. The zero-order valence-electron chi connectivity index (χ0n) is 11.9. The molecule has 4 nitrogen and oxygen atoms in total. The van der Waals surface area contributed by atoms with Crippen LogP contribution < -0.4 is 0 Å². The Morgan fingerprint density at radius 2 is 1.45 bits per heavy atom. The number of esters is 1. The van der Waals surface area contributed by atoms with Gasteiger partial charge in [0.2, 0.25) is 0 Å². The Balaban J connectivity index is 2.21. The number of rotatable bonds is 6. The number of carbonyl (C=O) groups excluding carboxylic acids is 1. The van der Waals surface area contributed by atoms with E-state index >= 15 is 0 Å². The van der Waals surface area contributed by atoms with E-state index in [9.17, 15) is 14.7 Å². The number of hydrogen-bond donors (Lipinski definition) is 1. The highest BCUT2D eigenvalue weighted by molar-refractivity contribution is 6.00. The first-order chi connectivity index (χ1) is 10.6. The van der Waals surface area contributed by atoms with Crippen LogP contribution >= 0.6 is 0 Å². The quantitative estimate of drug-likeness (QED) is 0.504. The molecule has 22 heavy (non-hydrogen) atoms. The Labute approximate surface area is 128 Å². The minimum absolute atomic E-state index is 0.385. The third-order valence-electron chi connectivity index (χ3n) is 3.20. The monoisotopic (exact) mass is 296 g/mol. The van der Waals surface area contributed by atoms with Crippen molar-refractivity contribution in [2.24, 2.45) is 0 Å². The molecule has 4 heteroatoms. The summed E-state index contributed by atoms with van der Waals surface area (Å²) in [5, 5.41) is 9.33. The van der Waals surface area contributed by atoms with Crippen LogP contribution in [0.2, 0.25) is 0 Å². The van der Waals surface area contributed by atoms with Crippen LogP contribution in [-0.2, 0) is 14.3 Å². The van der Waals surface area contributed by atoms with Gasteiger partial charge < -0.3 is 9.84 Å². The van der Waals surface area contributed by atoms with Crippen LogP contribution in [0.3, 0.4) is 0 Å². The summed E-state index contributed by atoms with van der Waals surface area (Å²) in [5.74, 6) is -3.41. The summed E-state index contributed by atoms with van der Waals surface area (Å²) in [7, 11) is 0. The van der Waals surface area contributed by atoms with Gasteiger partial charge in [0.25, 0.3) is 0 Å². The number of carboxylic acids is 1. The lowest BCUT2D eigenvalue weighted by molar-refractivity contribution is -0.156. The topological polar surface area (TPSA) is 63.6 Å². The zero-order valence-corrected chi connectivity index (χ0v) is 11.9. The molecule has 1 N–H and O–H groups in total. The zero-order chi connectivity index (χ0) is 15.9. The van der Waals surface area contributed by atoms with E-state index in [0.29, 0.717) is 5.56 Å². The fourth-order valence-electron chi connectivity index (χ4n) is 2.11. The van der Waals surface area contributed by atoms with Gasteiger partial charge in [0.05, 0.1) is 0 Å². The van der Waals surface area contributed by atoms with Crippen LogP contribution in [-0.4, -0.2) is 17.0 Å². The molecule has 2 atom stereocenters. The molecule has 0 bridgehead atoms. The van der Waals surface area contributed by atoms with E-state index in [0.717, 1.165) is 5.56 Å². The number of hydrogen-bond acceptors (Lipinski definition) is 3. The van der Waals surface area contributed by atoms with Crippen LogP contribution in [0.15, 0.2) is 73.3 Å². The Morgan fingerprint density at radius 1 is 0.955 bits per heavy atom. The Hall–Kier alpha value is -2.88. The number of benzene rings is 2. The van der Waals surface area contributed by atoms with Gasteiger partial charge in [-0.3, -0.25) is 9.59 Å². The molecule has 0 heterocycles. The predicted molar refractivity (Wildman–Crippen MR) is 82.3 cm³/mol. The van der Waals surface area contributed by atoms with Crippen molar-refractivity contribution in [1.82, 2.24) is 0 Å². The first kappa shape index (κ1) is 15.5. The lowest BCUT2D eigenvalue weighted by Crippen LogP contribution is -2.25. The maximum absolute atomic E-state index is 12.3. The van der Waals surface area contributed by atoms with Gasteiger partial charge in [0.1, 0.15) is 6.10 Å². The van der Waals surface area contributed by atoms with Gasteiger partial charge in [-0.25, -0.2) is 0 Å². The normalized spacial score (nSPS) is 12.9. The highest BCUT2D eigenvalue weighted by atomic mass is 16.5. The van der Waals surface area contributed by atoms with Crippen LogP contribution in [0.25, 0.3) is 0 Å². The molecule has 2 unspecified atom stereocenters. The van der Waals surface area contributed by atoms with Gasteiger partial charge in [0, 0.05) is 0 Å². The third kappa shape index (κ3) is 3.61. The standard InChI is InChI=1S/C18H16O4/c1-2-15(13-9-5-3-6-10-13)22-18(21)16(17(19)20)14-11-7-4-8-12-14/h2-12,15-16H,1H2,(H,19,20). The highest BCUT2D eigenvalue weighted by Crippen LogP contribution is 2.24. The summed E-state index contributed by atoms with van der Waals surface area (Å²) in [5.41, 5.74) is 1.12. The smallest absolute Gasteiger partial charge is 0.325 e. The van der Waals surface area contributed by atoms with Crippen LogP contribution in [0.5, 0.6) is 0 Å². The van der Waals surface area contributed by atoms with Gasteiger partial charge in [0.15, 0.2) is 5.92 Å². The fraction of sp³-hybridized carbons (Fsp3) is 0.111. The number of carboxylic acid groups (broad SMARTS) is 1. The van der Waals surface area contributed by atoms with Crippen molar-refractivity contribution in [3.63, 3.8) is 0 Å². The van der Waals surface area contributed by atoms with E-state index < -0.39 is 24.0 Å². The molecule has 2 rings (SSSR count). The molecule has 0 radical (unpaired) electrons. The van der Waals surface area contributed by atoms with Crippen molar-refractivity contribution in [2.75, 3.05) is 0 Å². The number of carbonyl (C=O) groups is 2. The summed E-state index contributed by atoms with van der Waals surface area (Å²) < 4.78 is 5.33. The van der Waals surface area contributed by atoms with E-state index in [-0.39, 0.29) is 0 Å². The molecule has 0 saturated heterocycles. The van der Waals surface area contributed by atoms with E-state index in [1.165, 1.54) is 6.08 Å². The van der Waals surface area contributed by atoms with Gasteiger partial charge in [-0.15, -0.1) is 0 Å². The molecule has 0 aliphatic carbocycles. The summed E-state index contributed by atoms with van der Waals surface area (Å²) in [4.78, 5) is 23.7. The minimum atomic E-state index is -1.35. The van der Waals surface area contributed by atoms with Crippen molar-refractivity contribution >= 4 is 11.9 Å². The van der Waals surface area contributed by atoms with Crippen molar-refractivity contribution < 1.29 is 19.4 Å². The molecule has 0 amide bonds. The fourth-order valence-corrected chi connectivity index (χ4v) is 2.11. The average molecular weight is 296 g/mol. The molecule has 0 aliphatic heterocycles. The first-order valence-electron chi connectivity index (χ1n) is 6.79. The Kier molecular flexibility index (Phi) is 5.09. The number of aliphatic carboxylic acids is 1. The molecular weight excluding hydrogens is 280 g/mol.